The number of hydrogen-bond acceptors (Lipinski definition) is 6. The Bertz CT molecular complexity index is 1150. The number of benzene rings is 2. The van der Waals surface area contributed by atoms with Gasteiger partial charge in [0.2, 0.25) is 0 Å². The highest BCUT2D eigenvalue weighted by molar-refractivity contribution is 7.17. The quantitative estimate of drug-likeness (QED) is 0.285. The van der Waals surface area contributed by atoms with E-state index in [1.165, 1.54) is 17.4 Å². The maximum Gasteiger partial charge on any atom is 0.418 e. The summed E-state index contributed by atoms with van der Waals surface area (Å²) in [7, 11) is 0. The molecule has 1 aromatic heterocycles. The van der Waals surface area contributed by atoms with Crippen molar-refractivity contribution < 1.29 is 22.9 Å². The number of hydrogen-bond donors (Lipinski definition) is 0. The van der Waals surface area contributed by atoms with Crippen molar-refractivity contribution in [2.45, 2.75) is 12.6 Å². The number of halogens is 3. The molecule has 2 heterocycles. The Balaban J connectivity index is 1.38. The number of non-ortho nitro benzene ring substituents is 1. The lowest BCUT2D eigenvalue weighted by Crippen LogP contribution is -2.47. The van der Waals surface area contributed by atoms with Gasteiger partial charge in [0, 0.05) is 78.0 Å². The summed E-state index contributed by atoms with van der Waals surface area (Å²) >= 11 is 1.53. The molecule has 32 heavy (non-hydrogen) atoms. The highest BCUT2D eigenvalue weighted by atomic mass is 32.1. The minimum Gasteiger partial charge on any atom is -0.368 e. The van der Waals surface area contributed by atoms with Gasteiger partial charge in [0.05, 0.1) is 10.5 Å². The molecule has 0 spiro atoms. The molecule has 168 valence electrons. The fourth-order valence-corrected chi connectivity index (χ4v) is 4.91. The van der Waals surface area contributed by atoms with Crippen LogP contribution < -0.4 is 4.90 Å². The maximum absolute atomic E-state index is 13.5. The summed E-state index contributed by atoms with van der Waals surface area (Å²) in [6.07, 6.45) is -4.35. The predicted molar refractivity (Wildman–Crippen MR) is 118 cm³/mol. The fourth-order valence-electron chi connectivity index (χ4n) is 3.94. The van der Waals surface area contributed by atoms with Crippen LogP contribution >= 0.6 is 11.3 Å². The first-order chi connectivity index (χ1) is 15.2. The number of thiophene rings is 1. The number of fused-ring (bicyclic) bond motifs is 1. The fraction of sp³-hybridized carbons (Fsp3) is 0.318. The van der Waals surface area contributed by atoms with E-state index in [1.807, 2.05) is 29.6 Å². The van der Waals surface area contributed by atoms with E-state index in [9.17, 15) is 28.1 Å². The van der Waals surface area contributed by atoms with Gasteiger partial charge in [-0.25, -0.2) is 0 Å². The van der Waals surface area contributed by atoms with Gasteiger partial charge in [-0.1, -0.05) is 18.2 Å². The molecule has 1 aliphatic heterocycles. The molecule has 4 rings (SSSR count). The first kappa shape index (κ1) is 22.2. The smallest absolute Gasteiger partial charge is 0.368 e. The van der Waals surface area contributed by atoms with Crippen LogP contribution in [0.2, 0.25) is 0 Å². The Morgan fingerprint density at radius 3 is 2.50 bits per heavy atom. The zero-order valence-electron chi connectivity index (χ0n) is 17.0. The molecule has 2 aromatic carbocycles. The predicted octanol–water partition coefficient (Wildman–Crippen LogP) is 5.22. The number of piperazine rings is 1. The lowest BCUT2D eigenvalue weighted by molar-refractivity contribution is -0.385. The van der Waals surface area contributed by atoms with E-state index in [4.69, 9.17) is 0 Å². The molecular weight excluding hydrogens is 443 g/mol. The lowest BCUT2D eigenvalue weighted by atomic mass is 10.1. The van der Waals surface area contributed by atoms with Crippen molar-refractivity contribution in [2.75, 3.05) is 37.6 Å². The second-order valence-corrected chi connectivity index (χ2v) is 8.51. The lowest BCUT2D eigenvalue weighted by Gasteiger charge is -2.37. The van der Waals surface area contributed by atoms with E-state index < -0.39 is 22.4 Å². The number of nitro groups is 1. The van der Waals surface area contributed by atoms with Crippen molar-refractivity contribution in [3.05, 3.63) is 69.1 Å². The number of nitro benzene ring substituents is 1. The van der Waals surface area contributed by atoms with Crippen LogP contribution in [0.25, 0.3) is 10.1 Å². The molecule has 10 heteroatoms. The van der Waals surface area contributed by atoms with Crippen LogP contribution in [-0.2, 0) is 6.18 Å². The van der Waals surface area contributed by atoms with Gasteiger partial charge in [-0.3, -0.25) is 19.8 Å². The Morgan fingerprint density at radius 1 is 1.09 bits per heavy atom. The third-order valence-electron chi connectivity index (χ3n) is 5.65. The number of anilines is 1. The van der Waals surface area contributed by atoms with Crippen molar-refractivity contribution in [1.82, 2.24) is 4.90 Å². The van der Waals surface area contributed by atoms with Crippen molar-refractivity contribution in [3.8, 4) is 0 Å². The molecule has 0 bridgehead atoms. The van der Waals surface area contributed by atoms with E-state index in [2.05, 4.69) is 4.90 Å². The molecule has 0 aliphatic carbocycles. The molecular formula is C22H20F3N3O3S. The number of rotatable bonds is 6. The van der Waals surface area contributed by atoms with Crippen molar-refractivity contribution in [3.63, 3.8) is 0 Å². The Morgan fingerprint density at radius 2 is 1.81 bits per heavy atom. The Kier molecular flexibility index (Phi) is 6.16. The topological polar surface area (TPSA) is 66.7 Å². The third-order valence-corrected chi connectivity index (χ3v) is 6.61. The molecule has 1 saturated heterocycles. The first-order valence-electron chi connectivity index (χ1n) is 10.1. The van der Waals surface area contributed by atoms with Gasteiger partial charge in [0.15, 0.2) is 5.78 Å². The van der Waals surface area contributed by atoms with Crippen LogP contribution in [0.4, 0.5) is 24.5 Å². The number of ketones is 1. The van der Waals surface area contributed by atoms with E-state index in [0.717, 1.165) is 16.2 Å². The van der Waals surface area contributed by atoms with Crippen LogP contribution in [-0.4, -0.2) is 48.3 Å². The maximum atomic E-state index is 13.5. The van der Waals surface area contributed by atoms with Gasteiger partial charge < -0.3 is 4.90 Å². The summed E-state index contributed by atoms with van der Waals surface area (Å²) in [6, 6.07) is 10.6. The molecule has 0 saturated carbocycles. The van der Waals surface area contributed by atoms with Crippen molar-refractivity contribution in [2.24, 2.45) is 0 Å². The van der Waals surface area contributed by atoms with Gasteiger partial charge in [-0.15, -0.1) is 11.3 Å². The summed E-state index contributed by atoms with van der Waals surface area (Å²) in [5.41, 5.74) is -0.924. The zero-order chi connectivity index (χ0) is 22.9. The second kappa shape index (κ2) is 8.87. The minimum absolute atomic E-state index is 0.0523. The Labute approximate surface area is 186 Å². The van der Waals surface area contributed by atoms with Gasteiger partial charge in [0.25, 0.3) is 5.69 Å². The molecule has 0 unspecified atom stereocenters. The normalized spacial score (nSPS) is 15.3. The Hall–Kier alpha value is -2.98. The summed E-state index contributed by atoms with van der Waals surface area (Å²) in [5, 5.41) is 13.7. The number of carbonyl (C=O) groups is 1. The molecule has 0 atom stereocenters. The molecule has 0 radical (unpaired) electrons. The van der Waals surface area contributed by atoms with Gasteiger partial charge in [-0.05, 0) is 12.1 Å². The number of Topliss-reactive ketones (excluding diaryl/α,β-unsaturated/α-hetero) is 1. The summed E-state index contributed by atoms with van der Waals surface area (Å²) in [5.74, 6) is 0.0552. The van der Waals surface area contributed by atoms with Crippen LogP contribution in [0.1, 0.15) is 22.3 Å². The van der Waals surface area contributed by atoms with Crippen LogP contribution in [0.15, 0.2) is 47.8 Å². The van der Waals surface area contributed by atoms with Crippen molar-refractivity contribution >= 4 is 38.6 Å². The van der Waals surface area contributed by atoms with E-state index in [1.54, 1.807) is 4.90 Å². The van der Waals surface area contributed by atoms with Crippen LogP contribution in [0, 0.1) is 10.1 Å². The summed E-state index contributed by atoms with van der Waals surface area (Å²) < 4.78 is 41.5. The summed E-state index contributed by atoms with van der Waals surface area (Å²) in [6.45, 7) is 2.23. The minimum atomic E-state index is -4.69. The standard InChI is InChI=1S/C22H20F3N3O3S/c23-22(24,25)18-13-15(28(30)31)5-6-19(18)27-11-9-26(10-12-27)8-7-20(29)17-14-32-21-4-2-1-3-16(17)21/h1-6,13-14H,7-12H2. The van der Waals surface area contributed by atoms with Crippen LogP contribution in [0.3, 0.4) is 0 Å². The van der Waals surface area contributed by atoms with Crippen LogP contribution in [0.5, 0.6) is 0 Å². The van der Waals surface area contributed by atoms with Gasteiger partial charge in [-0.2, -0.15) is 13.2 Å². The molecule has 0 N–H and O–H groups in total. The number of carbonyl (C=O) groups excluding carboxylic acids is 1. The molecule has 1 aliphatic rings. The second-order valence-electron chi connectivity index (χ2n) is 7.60. The average molecular weight is 463 g/mol. The van der Waals surface area contributed by atoms with Crippen molar-refractivity contribution in [1.29, 1.82) is 0 Å². The van der Waals surface area contributed by atoms with E-state index in [0.29, 0.717) is 50.8 Å². The largest absolute Gasteiger partial charge is 0.418 e. The zero-order valence-corrected chi connectivity index (χ0v) is 17.8. The average Bonchev–Trinajstić information content (AvgIpc) is 3.21. The third kappa shape index (κ3) is 4.61. The summed E-state index contributed by atoms with van der Waals surface area (Å²) in [4.78, 5) is 26.4. The van der Waals surface area contributed by atoms with Gasteiger partial charge in [0.1, 0.15) is 0 Å². The highest BCUT2D eigenvalue weighted by Gasteiger charge is 2.37. The number of alkyl halides is 3. The molecule has 3 aromatic rings. The monoisotopic (exact) mass is 463 g/mol. The SMILES string of the molecule is O=C(CCN1CCN(c2ccc([N+](=O)[O-])cc2C(F)(F)F)CC1)c1csc2ccccc12. The molecule has 0 amide bonds. The van der Waals surface area contributed by atoms with E-state index >= 15 is 0 Å². The van der Waals surface area contributed by atoms with Gasteiger partial charge >= 0.3 is 6.18 Å². The first-order valence-corrected chi connectivity index (χ1v) is 10.9. The molecule has 6 nitrogen and oxygen atoms in total. The number of nitrogens with zero attached hydrogens (tertiary/aromatic N) is 3. The highest BCUT2D eigenvalue weighted by Crippen LogP contribution is 2.39. The van der Waals surface area contributed by atoms with E-state index in [-0.39, 0.29) is 11.5 Å². The molecule has 1 fully saturated rings.